The summed E-state index contributed by atoms with van der Waals surface area (Å²) in [4.78, 5) is 24.6. The van der Waals surface area contributed by atoms with Crippen LogP contribution in [0.25, 0.3) is 0 Å². The van der Waals surface area contributed by atoms with Gasteiger partial charge in [0.1, 0.15) is 5.60 Å². The van der Waals surface area contributed by atoms with Crippen molar-refractivity contribution >= 4 is 23.0 Å². The van der Waals surface area contributed by atoms with Gasteiger partial charge < -0.3 is 9.64 Å². The van der Waals surface area contributed by atoms with E-state index in [-0.39, 0.29) is 17.3 Å². The van der Waals surface area contributed by atoms with Gasteiger partial charge >= 0.3 is 6.09 Å². The zero-order valence-electron chi connectivity index (χ0n) is 11.0. The molecule has 1 saturated heterocycles. The maximum atomic E-state index is 11.9. The van der Waals surface area contributed by atoms with Crippen LogP contribution < -0.4 is 0 Å². The summed E-state index contributed by atoms with van der Waals surface area (Å²) < 4.78 is 5.35. The summed E-state index contributed by atoms with van der Waals surface area (Å²) in [5.74, 6) is 0.675. The topological polar surface area (TPSA) is 46.6 Å². The van der Waals surface area contributed by atoms with Gasteiger partial charge in [-0.05, 0) is 33.6 Å². The monoisotopic (exact) mass is 259 g/mol. The van der Waals surface area contributed by atoms with E-state index in [9.17, 15) is 9.59 Å². The summed E-state index contributed by atoms with van der Waals surface area (Å²) in [7, 11) is 0. The Morgan fingerprint density at radius 3 is 2.59 bits per heavy atom. The predicted octanol–water partition coefficient (Wildman–Crippen LogP) is 2.67. The first-order valence-corrected chi connectivity index (χ1v) is 6.91. The summed E-state index contributed by atoms with van der Waals surface area (Å²) in [6, 6.07) is 0.138. The highest BCUT2D eigenvalue weighted by atomic mass is 32.2. The van der Waals surface area contributed by atoms with Gasteiger partial charge in [-0.1, -0.05) is 11.8 Å². The van der Waals surface area contributed by atoms with Crippen LogP contribution in [0.5, 0.6) is 0 Å². The molecule has 1 aliphatic heterocycles. The summed E-state index contributed by atoms with van der Waals surface area (Å²) in [6.07, 6.45) is 1.69. The number of carbonyl (C=O) groups is 2. The Bertz CT molecular complexity index is 299. The van der Waals surface area contributed by atoms with Gasteiger partial charge in [-0.3, -0.25) is 4.79 Å². The standard InChI is InChI=1S/C12H21NO3S/c1-9(14)17-8-10-6-5-7-13(10)11(15)16-12(2,3)4/h10H,5-8H2,1-4H3/t10-/m0/s1. The Kier molecular flexibility index (Phi) is 4.86. The third-order valence-corrected chi connectivity index (χ3v) is 3.44. The van der Waals surface area contributed by atoms with E-state index in [4.69, 9.17) is 4.74 Å². The van der Waals surface area contributed by atoms with Crippen LogP contribution in [0.15, 0.2) is 0 Å². The van der Waals surface area contributed by atoms with E-state index in [1.165, 1.54) is 11.8 Å². The van der Waals surface area contributed by atoms with E-state index in [1.807, 2.05) is 20.8 Å². The lowest BCUT2D eigenvalue weighted by Crippen LogP contribution is -2.40. The molecule has 0 aromatic carbocycles. The Morgan fingerprint density at radius 2 is 2.06 bits per heavy atom. The van der Waals surface area contributed by atoms with Crippen molar-refractivity contribution < 1.29 is 14.3 Å². The van der Waals surface area contributed by atoms with Crippen LogP contribution in [0.2, 0.25) is 0 Å². The SMILES string of the molecule is CC(=O)SC[C@@H]1CCCN1C(=O)OC(C)(C)C. The predicted molar refractivity (Wildman–Crippen MR) is 69.1 cm³/mol. The van der Waals surface area contributed by atoms with E-state index in [1.54, 1.807) is 11.8 Å². The molecule has 0 N–H and O–H groups in total. The van der Waals surface area contributed by atoms with E-state index in [2.05, 4.69) is 0 Å². The van der Waals surface area contributed by atoms with Crippen LogP contribution in [0.3, 0.4) is 0 Å². The van der Waals surface area contributed by atoms with Gasteiger partial charge in [0.2, 0.25) is 0 Å². The molecule has 1 atom stereocenters. The fourth-order valence-corrected chi connectivity index (χ4v) is 2.56. The first-order chi connectivity index (χ1) is 7.79. The van der Waals surface area contributed by atoms with Crippen LogP contribution in [0.4, 0.5) is 4.79 Å². The Labute approximate surface area is 107 Å². The Morgan fingerprint density at radius 1 is 1.41 bits per heavy atom. The average molecular weight is 259 g/mol. The molecule has 0 aliphatic carbocycles. The highest BCUT2D eigenvalue weighted by Crippen LogP contribution is 2.23. The minimum absolute atomic E-state index is 0.0982. The molecule has 1 fully saturated rings. The second kappa shape index (κ2) is 5.76. The van der Waals surface area contributed by atoms with E-state index < -0.39 is 5.60 Å². The van der Waals surface area contributed by atoms with Crippen LogP contribution in [0, 0.1) is 0 Å². The fourth-order valence-electron chi connectivity index (χ4n) is 1.78. The van der Waals surface area contributed by atoms with Gasteiger partial charge in [0.15, 0.2) is 5.12 Å². The fraction of sp³-hybridized carbons (Fsp3) is 0.833. The molecule has 0 bridgehead atoms. The maximum Gasteiger partial charge on any atom is 0.410 e. The van der Waals surface area contributed by atoms with Crippen molar-refractivity contribution in [2.45, 2.75) is 52.2 Å². The van der Waals surface area contributed by atoms with Crippen LogP contribution in [0.1, 0.15) is 40.5 Å². The number of nitrogens with zero attached hydrogens (tertiary/aromatic N) is 1. The zero-order chi connectivity index (χ0) is 13.1. The third kappa shape index (κ3) is 4.98. The number of rotatable bonds is 2. The minimum Gasteiger partial charge on any atom is -0.444 e. The Hall–Kier alpha value is -0.710. The maximum absolute atomic E-state index is 11.9. The summed E-state index contributed by atoms with van der Waals surface area (Å²) >= 11 is 1.28. The van der Waals surface area contributed by atoms with Crippen LogP contribution >= 0.6 is 11.8 Å². The first-order valence-electron chi connectivity index (χ1n) is 5.92. The van der Waals surface area contributed by atoms with Crippen molar-refractivity contribution in [2.75, 3.05) is 12.3 Å². The number of thioether (sulfide) groups is 1. The van der Waals surface area contributed by atoms with Crippen molar-refractivity contribution in [3.63, 3.8) is 0 Å². The molecule has 0 saturated carbocycles. The average Bonchev–Trinajstić information content (AvgIpc) is 2.59. The number of likely N-dealkylation sites (tertiary alicyclic amines) is 1. The van der Waals surface area contributed by atoms with Gasteiger partial charge in [-0.2, -0.15) is 0 Å². The molecule has 1 heterocycles. The summed E-state index contributed by atoms with van der Waals surface area (Å²) in [6.45, 7) is 7.87. The largest absolute Gasteiger partial charge is 0.444 e. The second-order valence-corrected chi connectivity index (χ2v) is 6.47. The van der Waals surface area contributed by atoms with Gasteiger partial charge in [0.25, 0.3) is 0 Å². The molecule has 0 spiro atoms. The third-order valence-electron chi connectivity index (χ3n) is 2.48. The molecule has 98 valence electrons. The number of carbonyl (C=O) groups excluding carboxylic acids is 2. The van der Waals surface area contributed by atoms with Gasteiger partial charge in [-0.25, -0.2) is 4.79 Å². The number of amides is 1. The molecule has 4 nitrogen and oxygen atoms in total. The lowest BCUT2D eigenvalue weighted by molar-refractivity contribution is -0.109. The van der Waals surface area contributed by atoms with E-state index in [0.29, 0.717) is 5.75 Å². The number of hydrogen-bond donors (Lipinski definition) is 0. The molecule has 1 aliphatic rings. The molecule has 0 aromatic heterocycles. The lowest BCUT2D eigenvalue weighted by Gasteiger charge is -2.28. The van der Waals surface area contributed by atoms with E-state index >= 15 is 0 Å². The van der Waals surface area contributed by atoms with Gasteiger partial charge in [0.05, 0.1) is 0 Å². The minimum atomic E-state index is -0.460. The lowest BCUT2D eigenvalue weighted by atomic mass is 10.2. The molecule has 0 unspecified atom stereocenters. The molecule has 0 radical (unpaired) electrons. The van der Waals surface area contributed by atoms with Crippen molar-refractivity contribution in [2.24, 2.45) is 0 Å². The molecule has 5 heteroatoms. The van der Waals surface area contributed by atoms with Gasteiger partial charge in [0, 0.05) is 25.3 Å². The van der Waals surface area contributed by atoms with Crippen molar-refractivity contribution in [3.8, 4) is 0 Å². The van der Waals surface area contributed by atoms with Crippen molar-refractivity contribution in [3.05, 3.63) is 0 Å². The molecule has 1 amide bonds. The second-order valence-electron chi connectivity index (χ2n) is 5.27. The quantitative estimate of drug-likeness (QED) is 0.765. The van der Waals surface area contributed by atoms with Crippen molar-refractivity contribution in [1.29, 1.82) is 0 Å². The summed E-state index contributed by atoms with van der Waals surface area (Å²) in [5, 5.41) is 0.0982. The number of ether oxygens (including phenoxy) is 1. The molecular weight excluding hydrogens is 238 g/mol. The highest BCUT2D eigenvalue weighted by molar-refractivity contribution is 8.13. The Balaban J connectivity index is 2.51. The molecular formula is C12H21NO3S. The normalized spacial score (nSPS) is 20.5. The molecule has 1 rings (SSSR count). The van der Waals surface area contributed by atoms with Crippen LogP contribution in [-0.2, 0) is 9.53 Å². The molecule has 0 aromatic rings. The van der Waals surface area contributed by atoms with Crippen molar-refractivity contribution in [1.82, 2.24) is 4.90 Å². The summed E-state index contributed by atoms with van der Waals surface area (Å²) in [5.41, 5.74) is -0.460. The smallest absolute Gasteiger partial charge is 0.410 e. The number of hydrogen-bond acceptors (Lipinski definition) is 4. The zero-order valence-corrected chi connectivity index (χ0v) is 11.8. The highest BCUT2D eigenvalue weighted by Gasteiger charge is 2.32. The van der Waals surface area contributed by atoms with E-state index in [0.717, 1.165) is 19.4 Å². The van der Waals surface area contributed by atoms with Gasteiger partial charge in [-0.15, -0.1) is 0 Å². The van der Waals surface area contributed by atoms with Crippen LogP contribution in [-0.4, -0.2) is 40.0 Å². The first kappa shape index (κ1) is 14.4. The molecule has 17 heavy (non-hydrogen) atoms.